The second kappa shape index (κ2) is 7.89. The number of rotatable bonds is 8. The van der Waals surface area contributed by atoms with Crippen molar-refractivity contribution in [1.29, 1.82) is 0 Å². The average molecular weight is 304 g/mol. The van der Waals surface area contributed by atoms with Gasteiger partial charge in [0.15, 0.2) is 0 Å². The highest BCUT2D eigenvalue weighted by Gasteiger charge is 2.47. The standard InChI is InChI=1S/C16H24N4O2/c1-20(2)9-5-8-18-15(21)13-10-14(13)16(22)19-11-12-6-3-4-7-17-12/h3-4,6-7,13-14H,5,8-11H2,1-2H3,(H,18,21)(H,19,22). The van der Waals surface area contributed by atoms with Crippen LogP contribution < -0.4 is 10.6 Å². The number of hydrogen-bond donors (Lipinski definition) is 2. The molecule has 2 atom stereocenters. The molecule has 2 amide bonds. The number of carbonyl (C=O) groups excluding carboxylic acids is 2. The Hall–Kier alpha value is -1.95. The molecule has 0 radical (unpaired) electrons. The number of pyridine rings is 1. The van der Waals surface area contributed by atoms with Crippen molar-refractivity contribution >= 4 is 11.8 Å². The second-order valence-corrected chi connectivity index (χ2v) is 5.94. The predicted octanol–water partition coefficient (Wildman–Crippen LogP) is 0.402. The van der Waals surface area contributed by atoms with Crippen LogP contribution in [0.1, 0.15) is 18.5 Å². The summed E-state index contributed by atoms with van der Waals surface area (Å²) in [6.07, 6.45) is 3.26. The molecule has 2 unspecified atom stereocenters. The molecule has 0 spiro atoms. The smallest absolute Gasteiger partial charge is 0.224 e. The molecule has 6 nitrogen and oxygen atoms in total. The van der Waals surface area contributed by atoms with E-state index < -0.39 is 0 Å². The van der Waals surface area contributed by atoms with E-state index in [1.165, 1.54) is 0 Å². The fraction of sp³-hybridized carbons (Fsp3) is 0.562. The Bertz CT molecular complexity index is 504. The maximum atomic E-state index is 12.0. The van der Waals surface area contributed by atoms with Crippen LogP contribution in [-0.4, -0.2) is 48.9 Å². The summed E-state index contributed by atoms with van der Waals surface area (Å²) >= 11 is 0. The van der Waals surface area contributed by atoms with Gasteiger partial charge in [-0.3, -0.25) is 14.6 Å². The van der Waals surface area contributed by atoms with E-state index in [0.29, 0.717) is 19.5 Å². The van der Waals surface area contributed by atoms with Gasteiger partial charge in [-0.05, 0) is 45.6 Å². The van der Waals surface area contributed by atoms with Crippen molar-refractivity contribution in [1.82, 2.24) is 20.5 Å². The summed E-state index contributed by atoms with van der Waals surface area (Å²) in [5.74, 6) is -0.406. The molecule has 1 aromatic heterocycles. The molecule has 1 aliphatic carbocycles. The Morgan fingerprint density at radius 1 is 1.23 bits per heavy atom. The predicted molar refractivity (Wildman–Crippen MR) is 83.9 cm³/mol. The lowest BCUT2D eigenvalue weighted by molar-refractivity contribution is -0.127. The minimum absolute atomic E-state index is 0.00302. The zero-order valence-electron chi connectivity index (χ0n) is 13.2. The summed E-state index contributed by atoms with van der Waals surface area (Å²) < 4.78 is 0. The van der Waals surface area contributed by atoms with E-state index in [9.17, 15) is 9.59 Å². The highest BCUT2D eigenvalue weighted by atomic mass is 16.2. The number of hydrogen-bond acceptors (Lipinski definition) is 4. The molecule has 1 fully saturated rings. The number of aromatic nitrogens is 1. The fourth-order valence-electron chi connectivity index (χ4n) is 2.32. The van der Waals surface area contributed by atoms with Gasteiger partial charge in [0, 0.05) is 12.7 Å². The average Bonchev–Trinajstić information content (AvgIpc) is 3.30. The normalized spacial score (nSPS) is 19.8. The Kier molecular flexibility index (Phi) is 5.89. The van der Waals surface area contributed by atoms with Crippen LogP contribution in [0.3, 0.4) is 0 Å². The van der Waals surface area contributed by atoms with Crippen LogP contribution in [0.25, 0.3) is 0 Å². The Balaban J connectivity index is 1.64. The lowest BCUT2D eigenvalue weighted by atomic mass is 10.2. The summed E-state index contributed by atoms with van der Waals surface area (Å²) in [5.41, 5.74) is 0.821. The van der Waals surface area contributed by atoms with Gasteiger partial charge in [0.2, 0.25) is 11.8 Å². The van der Waals surface area contributed by atoms with E-state index in [2.05, 4.69) is 20.5 Å². The third kappa shape index (κ3) is 5.11. The quantitative estimate of drug-likeness (QED) is 0.682. The number of nitrogens with zero attached hydrogens (tertiary/aromatic N) is 2. The fourth-order valence-corrected chi connectivity index (χ4v) is 2.32. The Morgan fingerprint density at radius 3 is 2.59 bits per heavy atom. The van der Waals surface area contributed by atoms with E-state index in [1.54, 1.807) is 6.20 Å². The molecule has 1 saturated carbocycles. The van der Waals surface area contributed by atoms with Crippen molar-refractivity contribution in [2.75, 3.05) is 27.2 Å². The van der Waals surface area contributed by atoms with Gasteiger partial charge >= 0.3 is 0 Å². The molecule has 0 bridgehead atoms. The van der Waals surface area contributed by atoms with E-state index in [0.717, 1.165) is 18.7 Å². The second-order valence-electron chi connectivity index (χ2n) is 5.94. The molecule has 0 saturated heterocycles. The third-order valence-electron chi connectivity index (χ3n) is 3.72. The minimum atomic E-state index is -0.183. The van der Waals surface area contributed by atoms with Crippen LogP contribution in [0.5, 0.6) is 0 Å². The molecule has 0 aromatic carbocycles. The Morgan fingerprint density at radius 2 is 1.95 bits per heavy atom. The number of nitrogens with one attached hydrogen (secondary N) is 2. The molecule has 120 valence electrons. The molecule has 2 N–H and O–H groups in total. The van der Waals surface area contributed by atoms with Gasteiger partial charge in [0.25, 0.3) is 0 Å². The zero-order chi connectivity index (χ0) is 15.9. The van der Waals surface area contributed by atoms with E-state index >= 15 is 0 Å². The molecule has 1 heterocycles. The van der Waals surface area contributed by atoms with Gasteiger partial charge < -0.3 is 15.5 Å². The van der Waals surface area contributed by atoms with E-state index in [-0.39, 0.29) is 23.7 Å². The zero-order valence-corrected chi connectivity index (χ0v) is 13.2. The first-order chi connectivity index (χ1) is 10.6. The van der Waals surface area contributed by atoms with Gasteiger partial charge in [0.05, 0.1) is 24.1 Å². The highest BCUT2D eigenvalue weighted by molar-refractivity contribution is 5.92. The molecule has 2 rings (SSSR count). The largest absolute Gasteiger partial charge is 0.356 e. The van der Waals surface area contributed by atoms with Gasteiger partial charge in [-0.2, -0.15) is 0 Å². The van der Waals surface area contributed by atoms with Gasteiger partial charge in [-0.15, -0.1) is 0 Å². The molecular weight excluding hydrogens is 280 g/mol. The van der Waals surface area contributed by atoms with E-state index in [4.69, 9.17) is 0 Å². The van der Waals surface area contributed by atoms with Crippen molar-refractivity contribution in [3.63, 3.8) is 0 Å². The lowest BCUT2D eigenvalue weighted by Gasteiger charge is -2.09. The molecular formula is C16H24N4O2. The first-order valence-electron chi connectivity index (χ1n) is 7.68. The molecule has 1 aliphatic rings. The molecule has 1 aromatic rings. The summed E-state index contributed by atoms with van der Waals surface area (Å²) in [6, 6.07) is 5.58. The van der Waals surface area contributed by atoms with Crippen molar-refractivity contribution in [2.45, 2.75) is 19.4 Å². The van der Waals surface area contributed by atoms with Gasteiger partial charge in [-0.25, -0.2) is 0 Å². The monoisotopic (exact) mass is 304 g/mol. The first kappa shape index (κ1) is 16.4. The maximum Gasteiger partial charge on any atom is 0.224 e. The molecule has 6 heteroatoms. The third-order valence-corrected chi connectivity index (χ3v) is 3.72. The summed E-state index contributed by atoms with van der Waals surface area (Å²) in [5, 5.41) is 5.74. The van der Waals surface area contributed by atoms with Crippen LogP contribution in [-0.2, 0) is 16.1 Å². The lowest BCUT2D eigenvalue weighted by Crippen LogP contribution is -2.31. The van der Waals surface area contributed by atoms with Gasteiger partial charge in [0.1, 0.15) is 0 Å². The van der Waals surface area contributed by atoms with Crippen molar-refractivity contribution in [3.8, 4) is 0 Å². The SMILES string of the molecule is CN(C)CCCNC(=O)C1CC1C(=O)NCc1ccccn1. The molecule has 22 heavy (non-hydrogen) atoms. The van der Waals surface area contributed by atoms with Crippen LogP contribution in [0.4, 0.5) is 0 Å². The van der Waals surface area contributed by atoms with Crippen LogP contribution >= 0.6 is 0 Å². The summed E-state index contributed by atoms with van der Waals surface area (Å²) in [6.45, 7) is 2.02. The van der Waals surface area contributed by atoms with Gasteiger partial charge in [-0.1, -0.05) is 6.07 Å². The summed E-state index contributed by atoms with van der Waals surface area (Å²) in [4.78, 5) is 30.1. The highest BCUT2D eigenvalue weighted by Crippen LogP contribution is 2.38. The number of carbonyl (C=O) groups is 2. The van der Waals surface area contributed by atoms with Crippen molar-refractivity contribution in [2.24, 2.45) is 11.8 Å². The maximum absolute atomic E-state index is 12.0. The van der Waals surface area contributed by atoms with Crippen LogP contribution in [0.2, 0.25) is 0 Å². The topological polar surface area (TPSA) is 74.3 Å². The van der Waals surface area contributed by atoms with Crippen molar-refractivity contribution < 1.29 is 9.59 Å². The minimum Gasteiger partial charge on any atom is -0.356 e. The number of amides is 2. The first-order valence-corrected chi connectivity index (χ1v) is 7.68. The van der Waals surface area contributed by atoms with Crippen molar-refractivity contribution in [3.05, 3.63) is 30.1 Å². The molecule has 0 aliphatic heterocycles. The van der Waals surface area contributed by atoms with Crippen LogP contribution in [0, 0.1) is 11.8 Å². The summed E-state index contributed by atoms with van der Waals surface area (Å²) in [7, 11) is 4.01. The Labute approximate surface area is 131 Å². The van der Waals surface area contributed by atoms with E-state index in [1.807, 2.05) is 32.3 Å². The van der Waals surface area contributed by atoms with Crippen LogP contribution in [0.15, 0.2) is 24.4 Å².